The van der Waals surface area contributed by atoms with Gasteiger partial charge in [0.2, 0.25) is 0 Å². The third-order valence-corrected chi connectivity index (χ3v) is 7.11. The summed E-state index contributed by atoms with van der Waals surface area (Å²) in [5.41, 5.74) is 7.49. The average molecular weight is 470 g/mol. The molecule has 0 amide bonds. The molecule has 35 heavy (non-hydrogen) atoms. The summed E-state index contributed by atoms with van der Waals surface area (Å²) >= 11 is 0. The lowest BCUT2D eigenvalue weighted by Gasteiger charge is -2.21. The highest BCUT2D eigenvalue weighted by atomic mass is 19.1. The van der Waals surface area contributed by atoms with Crippen LogP contribution in [0.3, 0.4) is 0 Å². The summed E-state index contributed by atoms with van der Waals surface area (Å²) in [5.74, 6) is 1.18. The van der Waals surface area contributed by atoms with Crippen LogP contribution in [0, 0.1) is 11.7 Å². The number of hydrogen-bond donors (Lipinski definition) is 1. The predicted octanol–water partition coefficient (Wildman–Crippen LogP) is 4.79. The lowest BCUT2D eigenvalue weighted by Crippen LogP contribution is -2.21. The first-order valence-electron chi connectivity index (χ1n) is 12.1. The molecule has 0 bridgehead atoms. The molecule has 7 heteroatoms. The van der Waals surface area contributed by atoms with E-state index in [1.54, 1.807) is 0 Å². The Hall–Kier alpha value is -3.71. The number of aliphatic hydroxyl groups excluding tert-OH is 1. The number of nitrogens with zero attached hydrogens (tertiary/aromatic N) is 5. The molecule has 0 unspecified atom stereocenters. The number of rotatable bonds is 5. The van der Waals surface area contributed by atoms with Crippen LogP contribution in [0.5, 0.6) is 0 Å². The third-order valence-electron chi connectivity index (χ3n) is 7.11. The zero-order valence-corrected chi connectivity index (χ0v) is 19.7. The molecular weight excluding hydrogens is 441 g/mol. The van der Waals surface area contributed by atoms with Crippen molar-refractivity contribution >= 4 is 11.4 Å². The smallest absolute Gasteiger partial charge is 0.161 e. The van der Waals surface area contributed by atoms with Crippen LogP contribution in [0.4, 0.5) is 10.1 Å². The zero-order chi connectivity index (χ0) is 23.9. The van der Waals surface area contributed by atoms with Crippen molar-refractivity contribution in [3.63, 3.8) is 0 Å². The first kappa shape index (κ1) is 21.8. The molecule has 178 valence electrons. The topological polar surface area (TPSA) is 58.6 Å². The molecule has 1 atom stereocenters. The van der Waals surface area contributed by atoms with E-state index in [4.69, 9.17) is 0 Å². The van der Waals surface area contributed by atoms with Crippen molar-refractivity contribution in [2.75, 3.05) is 31.1 Å². The molecule has 0 saturated carbocycles. The summed E-state index contributed by atoms with van der Waals surface area (Å²) in [7, 11) is 0. The number of imidazole rings is 1. The molecule has 1 saturated heterocycles. The van der Waals surface area contributed by atoms with Crippen LogP contribution in [-0.4, -0.2) is 51.2 Å². The van der Waals surface area contributed by atoms with Crippen LogP contribution in [0.2, 0.25) is 0 Å². The van der Waals surface area contributed by atoms with Gasteiger partial charge < -0.3 is 14.6 Å². The molecule has 0 spiro atoms. The number of benzene rings is 2. The highest BCUT2D eigenvalue weighted by Crippen LogP contribution is 2.36. The Morgan fingerprint density at radius 1 is 1.14 bits per heavy atom. The van der Waals surface area contributed by atoms with Gasteiger partial charge in [-0.15, -0.1) is 0 Å². The minimum absolute atomic E-state index is 0.0295. The lowest BCUT2D eigenvalue weighted by molar-refractivity contribution is 0.356. The van der Waals surface area contributed by atoms with E-state index < -0.39 is 0 Å². The second-order valence-electron chi connectivity index (χ2n) is 9.52. The van der Waals surface area contributed by atoms with Crippen molar-refractivity contribution in [2.45, 2.75) is 19.9 Å². The molecule has 2 aromatic carbocycles. The normalized spacial score (nSPS) is 17.2. The van der Waals surface area contributed by atoms with Crippen LogP contribution in [0.25, 0.3) is 28.3 Å². The Balaban J connectivity index is 1.32. The highest BCUT2D eigenvalue weighted by Gasteiger charge is 2.25. The molecular formula is C28H28FN5O. The van der Waals surface area contributed by atoms with Gasteiger partial charge in [0.1, 0.15) is 5.82 Å². The monoisotopic (exact) mass is 469 g/mol. The molecule has 0 aliphatic carbocycles. The van der Waals surface area contributed by atoms with Gasteiger partial charge in [-0.05, 0) is 66.8 Å². The molecule has 4 aromatic rings. The Bertz CT molecular complexity index is 1400. The van der Waals surface area contributed by atoms with Gasteiger partial charge in [0.15, 0.2) is 5.82 Å². The summed E-state index contributed by atoms with van der Waals surface area (Å²) < 4.78 is 17.9. The Labute approximate surface area is 204 Å². The Morgan fingerprint density at radius 2 is 2.00 bits per heavy atom. The van der Waals surface area contributed by atoms with Crippen molar-refractivity contribution < 1.29 is 9.50 Å². The van der Waals surface area contributed by atoms with Gasteiger partial charge in [0, 0.05) is 61.7 Å². The first-order chi connectivity index (χ1) is 17.1. The molecule has 6 nitrogen and oxygen atoms in total. The van der Waals surface area contributed by atoms with Crippen LogP contribution in [0.15, 0.2) is 72.1 Å². The van der Waals surface area contributed by atoms with Gasteiger partial charge in [-0.25, -0.2) is 9.37 Å². The number of aromatic nitrogens is 3. The van der Waals surface area contributed by atoms with Gasteiger partial charge in [-0.1, -0.05) is 12.1 Å². The fourth-order valence-corrected chi connectivity index (χ4v) is 5.18. The van der Waals surface area contributed by atoms with E-state index in [0.29, 0.717) is 5.92 Å². The summed E-state index contributed by atoms with van der Waals surface area (Å²) in [6.45, 7) is 5.39. The molecule has 1 N–H and O–H groups in total. The first-order valence-corrected chi connectivity index (χ1v) is 12.1. The zero-order valence-electron chi connectivity index (χ0n) is 19.7. The highest BCUT2D eigenvalue weighted by molar-refractivity contribution is 5.82. The number of aliphatic imine (C=N–C) groups is 1. The van der Waals surface area contributed by atoms with Gasteiger partial charge in [-0.3, -0.25) is 9.56 Å². The summed E-state index contributed by atoms with van der Waals surface area (Å²) in [6, 6.07) is 15.5. The van der Waals surface area contributed by atoms with Gasteiger partial charge in [-0.2, -0.15) is 0 Å². The third kappa shape index (κ3) is 4.06. The van der Waals surface area contributed by atoms with Gasteiger partial charge in [0.05, 0.1) is 18.0 Å². The fraction of sp³-hybridized carbons (Fsp3) is 0.286. The van der Waals surface area contributed by atoms with E-state index in [1.165, 1.54) is 23.4 Å². The fourth-order valence-electron chi connectivity index (χ4n) is 5.18. The van der Waals surface area contributed by atoms with Gasteiger partial charge in [0.25, 0.3) is 0 Å². The van der Waals surface area contributed by atoms with Crippen LogP contribution in [0.1, 0.15) is 18.9 Å². The van der Waals surface area contributed by atoms with Gasteiger partial charge >= 0.3 is 0 Å². The molecule has 2 aliphatic heterocycles. The van der Waals surface area contributed by atoms with E-state index in [9.17, 15) is 9.50 Å². The largest absolute Gasteiger partial charge is 0.390 e. The second-order valence-corrected chi connectivity index (χ2v) is 9.52. The summed E-state index contributed by atoms with van der Waals surface area (Å²) in [6.07, 6.45) is 7.10. The molecule has 6 rings (SSSR count). The second kappa shape index (κ2) is 8.82. The summed E-state index contributed by atoms with van der Waals surface area (Å²) in [5, 5.41) is 9.21. The number of hydrogen-bond acceptors (Lipinski definition) is 4. The van der Waals surface area contributed by atoms with Crippen molar-refractivity contribution in [1.29, 1.82) is 0 Å². The number of aliphatic hydroxyl groups is 1. The van der Waals surface area contributed by atoms with E-state index in [1.807, 2.05) is 31.5 Å². The molecule has 4 heterocycles. The number of fused-ring (bicyclic) bond motifs is 5. The van der Waals surface area contributed by atoms with Crippen LogP contribution in [-0.2, 0) is 6.54 Å². The quantitative estimate of drug-likeness (QED) is 0.377. The van der Waals surface area contributed by atoms with E-state index in [-0.39, 0.29) is 12.4 Å². The minimum atomic E-state index is -0.231. The van der Waals surface area contributed by atoms with E-state index in [2.05, 4.69) is 54.5 Å². The van der Waals surface area contributed by atoms with E-state index in [0.717, 1.165) is 66.6 Å². The predicted molar refractivity (Wildman–Crippen MR) is 137 cm³/mol. The maximum Gasteiger partial charge on any atom is 0.161 e. The van der Waals surface area contributed by atoms with Crippen LogP contribution >= 0.6 is 0 Å². The van der Waals surface area contributed by atoms with Crippen molar-refractivity contribution in [2.24, 2.45) is 10.9 Å². The standard InChI is InChI=1S/C28H28FN5O/c1-19(18-35)31-14-20-8-10-32(15-20)25-6-7-26-23(12-25)17-33-16-22(21-2-4-24(29)5-3-21)13-27(33)28-30-9-11-34(26)28/h2-7,9,11-13,16,20,35H,8,10,14-15,17-18H2,1H3/b31-19-/t20-/m0/s1. The van der Waals surface area contributed by atoms with Crippen molar-refractivity contribution in [3.05, 3.63) is 78.5 Å². The van der Waals surface area contributed by atoms with Crippen molar-refractivity contribution in [1.82, 2.24) is 14.1 Å². The lowest BCUT2D eigenvalue weighted by atomic mass is 10.1. The summed E-state index contributed by atoms with van der Waals surface area (Å²) in [4.78, 5) is 11.6. The SMILES string of the molecule is C/C(CO)=N/C[C@@H]1CCN(c2ccc3c(c2)Cn2cc(-c4ccc(F)cc4)cc2-c2nccn2-3)C1. The number of anilines is 1. The molecule has 0 radical (unpaired) electrons. The maximum absolute atomic E-state index is 13.4. The maximum atomic E-state index is 13.4. The van der Waals surface area contributed by atoms with Crippen molar-refractivity contribution in [3.8, 4) is 28.3 Å². The molecule has 1 fully saturated rings. The van der Waals surface area contributed by atoms with Crippen LogP contribution < -0.4 is 4.90 Å². The number of halogens is 1. The average Bonchev–Trinajstić information content (AvgIpc) is 3.62. The molecule has 2 aliphatic rings. The molecule has 2 aromatic heterocycles. The Kier molecular flexibility index (Phi) is 5.49. The minimum Gasteiger partial charge on any atom is -0.390 e. The Morgan fingerprint density at radius 3 is 2.83 bits per heavy atom. The van der Waals surface area contributed by atoms with E-state index >= 15 is 0 Å².